The van der Waals surface area contributed by atoms with Gasteiger partial charge in [-0.3, -0.25) is 4.79 Å². The Morgan fingerprint density at radius 1 is 1.04 bits per heavy atom. The summed E-state index contributed by atoms with van der Waals surface area (Å²) in [4.78, 5) is 18.8. The van der Waals surface area contributed by atoms with Crippen molar-refractivity contribution >= 4 is 5.91 Å². The molecule has 0 radical (unpaired) electrons. The van der Waals surface area contributed by atoms with E-state index in [0.29, 0.717) is 17.3 Å². The van der Waals surface area contributed by atoms with E-state index in [-0.39, 0.29) is 18.5 Å². The maximum Gasteiger partial charge on any atom is 0.254 e. The molecule has 0 saturated heterocycles. The van der Waals surface area contributed by atoms with Crippen LogP contribution in [0.4, 0.5) is 0 Å². The molecule has 24 heavy (non-hydrogen) atoms. The fourth-order valence-corrected chi connectivity index (χ4v) is 2.40. The standard InChI is InChI=1S/C19H19N3O2/c1-14(2)22(19(23)16-11-7-4-8-12-16)13-17-20-18(21-24-17)15-9-5-3-6-10-15/h3-12,14H,13H2,1-2H3. The molecule has 1 heterocycles. The van der Waals surface area contributed by atoms with Crippen LogP contribution in [0.15, 0.2) is 65.2 Å². The van der Waals surface area contributed by atoms with E-state index in [1.165, 1.54) is 0 Å². The van der Waals surface area contributed by atoms with Crippen LogP contribution in [-0.2, 0) is 6.54 Å². The van der Waals surface area contributed by atoms with Gasteiger partial charge in [-0.2, -0.15) is 4.98 Å². The number of carbonyl (C=O) groups is 1. The third-order valence-corrected chi connectivity index (χ3v) is 3.71. The number of carbonyl (C=O) groups excluding carboxylic acids is 1. The van der Waals surface area contributed by atoms with E-state index in [1.54, 1.807) is 17.0 Å². The molecule has 122 valence electrons. The van der Waals surface area contributed by atoms with Gasteiger partial charge >= 0.3 is 0 Å². The Bertz CT molecular complexity index is 798. The molecule has 1 aromatic heterocycles. The molecule has 0 aliphatic heterocycles. The Morgan fingerprint density at radius 3 is 2.29 bits per heavy atom. The van der Waals surface area contributed by atoms with E-state index in [9.17, 15) is 4.79 Å². The van der Waals surface area contributed by atoms with Crippen LogP contribution in [0.25, 0.3) is 11.4 Å². The van der Waals surface area contributed by atoms with Crippen LogP contribution in [-0.4, -0.2) is 27.0 Å². The largest absolute Gasteiger partial charge is 0.337 e. The molecule has 0 aliphatic carbocycles. The van der Waals surface area contributed by atoms with Crippen molar-refractivity contribution in [2.45, 2.75) is 26.4 Å². The number of nitrogens with zero attached hydrogens (tertiary/aromatic N) is 3. The van der Waals surface area contributed by atoms with Crippen molar-refractivity contribution in [1.29, 1.82) is 0 Å². The molecule has 0 bridgehead atoms. The predicted octanol–water partition coefficient (Wildman–Crippen LogP) is 3.79. The summed E-state index contributed by atoms with van der Waals surface area (Å²) in [5, 5.41) is 4.01. The molecular weight excluding hydrogens is 302 g/mol. The Balaban J connectivity index is 1.80. The van der Waals surface area contributed by atoms with Crippen molar-refractivity contribution in [2.75, 3.05) is 0 Å². The molecule has 0 unspecified atom stereocenters. The van der Waals surface area contributed by atoms with Gasteiger partial charge in [-0.15, -0.1) is 0 Å². The van der Waals surface area contributed by atoms with Crippen LogP contribution in [0.1, 0.15) is 30.1 Å². The monoisotopic (exact) mass is 321 g/mol. The summed E-state index contributed by atoms with van der Waals surface area (Å²) in [5.74, 6) is 0.901. The molecule has 0 N–H and O–H groups in total. The Kier molecular flexibility index (Phi) is 4.70. The van der Waals surface area contributed by atoms with Gasteiger partial charge in [-0.05, 0) is 26.0 Å². The van der Waals surface area contributed by atoms with Gasteiger partial charge in [0.1, 0.15) is 6.54 Å². The molecule has 0 spiro atoms. The maximum atomic E-state index is 12.7. The average Bonchev–Trinajstić information content (AvgIpc) is 3.09. The van der Waals surface area contributed by atoms with Crippen molar-refractivity contribution in [2.24, 2.45) is 0 Å². The number of aromatic nitrogens is 2. The highest BCUT2D eigenvalue weighted by Gasteiger charge is 2.21. The molecule has 0 fully saturated rings. The molecule has 2 aromatic carbocycles. The lowest BCUT2D eigenvalue weighted by molar-refractivity contribution is 0.0667. The van der Waals surface area contributed by atoms with Crippen molar-refractivity contribution in [3.05, 3.63) is 72.1 Å². The SMILES string of the molecule is CC(C)N(Cc1nc(-c2ccccc2)no1)C(=O)c1ccccc1. The third kappa shape index (κ3) is 3.51. The zero-order valence-corrected chi connectivity index (χ0v) is 13.7. The van der Waals surface area contributed by atoms with Crippen LogP contribution < -0.4 is 0 Å². The molecule has 0 aliphatic rings. The highest BCUT2D eigenvalue weighted by Crippen LogP contribution is 2.17. The summed E-state index contributed by atoms with van der Waals surface area (Å²) in [5.41, 5.74) is 1.53. The lowest BCUT2D eigenvalue weighted by Crippen LogP contribution is -2.36. The summed E-state index contributed by atoms with van der Waals surface area (Å²) in [6.45, 7) is 4.22. The van der Waals surface area contributed by atoms with Crippen molar-refractivity contribution in [3.63, 3.8) is 0 Å². The van der Waals surface area contributed by atoms with Crippen LogP contribution in [0.2, 0.25) is 0 Å². The van der Waals surface area contributed by atoms with Gasteiger partial charge in [0.2, 0.25) is 11.7 Å². The first kappa shape index (κ1) is 15.9. The van der Waals surface area contributed by atoms with E-state index in [1.807, 2.05) is 62.4 Å². The quantitative estimate of drug-likeness (QED) is 0.717. The second-order valence-electron chi connectivity index (χ2n) is 5.77. The first-order valence-corrected chi connectivity index (χ1v) is 7.89. The number of benzene rings is 2. The second-order valence-corrected chi connectivity index (χ2v) is 5.77. The molecule has 0 atom stereocenters. The molecule has 5 nitrogen and oxygen atoms in total. The minimum absolute atomic E-state index is 0.0183. The molecule has 3 rings (SSSR count). The number of hydrogen-bond acceptors (Lipinski definition) is 4. The summed E-state index contributed by atoms with van der Waals surface area (Å²) in [7, 11) is 0. The van der Waals surface area contributed by atoms with Gasteiger partial charge in [0, 0.05) is 17.2 Å². The molecular formula is C19H19N3O2. The van der Waals surface area contributed by atoms with E-state index < -0.39 is 0 Å². The number of amides is 1. The lowest BCUT2D eigenvalue weighted by atomic mass is 10.1. The van der Waals surface area contributed by atoms with Crippen molar-refractivity contribution in [1.82, 2.24) is 15.0 Å². The fraction of sp³-hybridized carbons (Fsp3) is 0.211. The first-order chi connectivity index (χ1) is 11.6. The average molecular weight is 321 g/mol. The van der Waals surface area contributed by atoms with E-state index in [0.717, 1.165) is 5.56 Å². The second kappa shape index (κ2) is 7.08. The van der Waals surface area contributed by atoms with Crippen LogP contribution in [0.5, 0.6) is 0 Å². The summed E-state index contributed by atoms with van der Waals surface area (Å²) >= 11 is 0. The van der Waals surface area contributed by atoms with Gasteiger partial charge in [-0.25, -0.2) is 0 Å². The first-order valence-electron chi connectivity index (χ1n) is 7.89. The zero-order valence-electron chi connectivity index (χ0n) is 13.7. The van der Waals surface area contributed by atoms with Crippen LogP contribution >= 0.6 is 0 Å². The van der Waals surface area contributed by atoms with Gasteiger partial charge < -0.3 is 9.42 Å². The smallest absolute Gasteiger partial charge is 0.254 e. The van der Waals surface area contributed by atoms with Gasteiger partial charge in [0.15, 0.2) is 0 Å². The Hall–Kier alpha value is -2.95. The van der Waals surface area contributed by atoms with E-state index in [2.05, 4.69) is 10.1 Å². The van der Waals surface area contributed by atoms with Gasteiger partial charge in [0.25, 0.3) is 5.91 Å². The maximum absolute atomic E-state index is 12.7. The molecule has 0 saturated carbocycles. The van der Waals surface area contributed by atoms with E-state index in [4.69, 9.17) is 4.52 Å². The van der Waals surface area contributed by atoms with E-state index >= 15 is 0 Å². The summed E-state index contributed by atoms with van der Waals surface area (Å²) in [6.07, 6.45) is 0. The zero-order chi connectivity index (χ0) is 16.9. The molecule has 5 heteroatoms. The minimum Gasteiger partial charge on any atom is -0.337 e. The third-order valence-electron chi connectivity index (χ3n) is 3.71. The molecule has 1 amide bonds. The number of rotatable bonds is 5. The predicted molar refractivity (Wildman–Crippen MR) is 91.2 cm³/mol. The fourth-order valence-electron chi connectivity index (χ4n) is 2.40. The van der Waals surface area contributed by atoms with Crippen molar-refractivity contribution in [3.8, 4) is 11.4 Å². The highest BCUT2D eigenvalue weighted by molar-refractivity contribution is 5.94. The normalized spacial score (nSPS) is 10.8. The van der Waals surface area contributed by atoms with Crippen LogP contribution in [0.3, 0.4) is 0 Å². The van der Waals surface area contributed by atoms with Crippen LogP contribution in [0, 0.1) is 0 Å². The summed E-state index contributed by atoms with van der Waals surface area (Å²) in [6, 6.07) is 18.8. The molecule has 3 aromatic rings. The highest BCUT2D eigenvalue weighted by atomic mass is 16.5. The topological polar surface area (TPSA) is 59.2 Å². The number of hydrogen-bond donors (Lipinski definition) is 0. The van der Waals surface area contributed by atoms with Gasteiger partial charge in [0.05, 0.1) is 0 Å². The van der Waals surface area contributed by atoms with Gasteiger partial charge in [-0.1, -0.05) is 53.7 Å². The lowest BCUT2D eigenvalue weighted by Gasteiger charge is -2.25. The Labute approximate surface area is 140 Å². The van der Waals surface area contributed by atoms with Crippen molar-refractivity contribution < 1.29 is 9.32 Å². The minimum atomic E-state index is -0.0509. The summed E-state index contributed by atoms with van der Waals surface area (Å²) < 4.78 is 5.33. The Morgan fingerprint density at radius 2 is 1.67 bits per heavy atom.